The molecule has 1 aliphatic rings. The summed E-state index contributed by atoms with van der Waals surface area (Å²) in [7, 11) is 0. The fourth-order valence-corrected chi connectivity index (χ4v) is 4.23. The van der Waals surface area contributed by atoms with Crippen molar-refractivity contribution < 1.29 is 14.3 Å². The molecule has 176 valence electrons. The van der Waals surface area contributed by atoms with Crippen LogP contribution < -0.4 is 14.8 Å². The summed E-state index contributed by atoms with van der Waals surface area (Å²) >= 11 is 1.24. The third-order valence-corrected chi connectivity index (χ3v) is 6.31. The normalized spacial score (nSPS) is 12.3. The van der Waals surface area contributed by atoms with E-state index in [1.807, 2.05) is 62.4 Å². The van der Waals surface area contributed by atoms with E-state index >= 15 is 0 Å². The van der Waals surface area contributed by atoms with Crippen molar-refractivity contribution in [3.05, 3.63) is 77.9 Å². The zero-order valence-corrected chi connectivity index (χ0v) is 20.3. The van der Waals surface area contributed by atoms with Crippen molar-refractivity contribution in [2.24, 2.45) is 0 Å². The summed E-state index contributed by atoms with van der Waals surface area (Å²) in [6.07, 6.45) is 0. The minimum absolute atomic E-state index is 0.146. The highest BCUT2D eigenvalue weighted by Crippen LogP contribution is 2.33. The van der Waals surface area contributed by atoms with Gasteiger partial charge in [-0.2, -0.15) is 0 Å². The lowest BCUT2D eigenvalue weighted by Crippen LogP contribution is -2.17. The summed E-state index contributed by atoms with van der Waals surface area (Å²) in [5.41, 5.74) is 6.31. The molecule has 2 heterocycles. The fourth-order valence-electron chi connectivity index (χ4n) is 3.64. The van der Waals surface area contributed by atoms with Crippen molar-refractivity contribution >= 4 is 23.4 Å². The second-order valence-corrected chi connectivity index (χ2v) is 9.16. The van der Waals surface area contributed by atoms with Gasteiger partial charge in [0, 0.05) is 22.9 Å². The monoisotopic (exact) mass is 484 g/mol. The number of ether oxygens (including phenoxy) is 2. The topological polar surface area (TPSA) is 86.2 Å². The zero-order valence-electron chi connectivity index (χ0n) is 19.4. The van der Waals surface area contributed by atoms with Gasteiger partial charge in [0.25, 0.3) is 0 Å². The molecule has 0 unspecified atom stereocenters. The van der Waals surface area contributed by atoms with Crippen molar-refractivity contribution in [2.45, 2.75) is 19.0 Å². The Balaban J connectivity index is 1.34. The molecule has 0 fully saturated rings. The molecular weight excluding hydrogens is 460 g/mol. The van der Waals surface area contributed by atoms with Crippen molar-refractivity contribution in [3.63, 3.8) is 0 Å². The summed E-state index contributed by atoms with van der Waals surface area (Å²) in [6, 6.07) is 21.6. The van der Waals surface area contributed by atoms with Crippen LogP contribution in [0.5, 0.6) is 11.5 Å². The highest BCUT2D eigenvalue weighted by atomic mass is 32.2. The number of nitrogens with zero attached hydrogens (tertiary/aromatic N) is 3. The van der Waals surface area contributed by atoms with Crippen molar-refractivity contribution in [1.29, 1.82) is 0 Å². The van der Waals surface area contributed by atoms with Gasteiger partial charge in [-0.25, -0.2) is 4.98 Å². The van der Waals surface area contributed by atoms with Gasteiger partial charge in [0.1, 0.15) is 24.6 Å². The van der Waals surface area contributed by atoms with E-state index in [0.29, 0.717) is 41.3 Å². The van der Waals surface area contributed by atoms with Crippen molar-refractivity contribution in [2.75, 3.05) is 24.3 Å². The lowest BCUT2D eigenvalue weighted by Gasteiger charge is -2.18. The van der Waals surface area contributed by atoms with Gasteiger partial charge in [-0.3, -0.25) is 4.79 Å². The number of thioether (sulfide) groups is 1. The van der Waals surface area contributed by atoms with Crippen LogP contribution in [0.3, 0.4) is 0 Å². The van der Waals surface area contributed by atoms with Gasteiger partial charge < -0.3 is 14.8 Å². The molecule has 8 heteroatoms. The van der Waals surface area contributed by atoms with Crippen LogP contribution in [-0.4, -0.2) is 40.1 Å². The number of fused-ring (bicyclic) bond motifs is 1. The Hall–Kier alpha value is -3.91. The zero-order chi connectivity index (χ0) is 24.2. The molecule has 0 saturated heterocycles. The molecule has 4 aromatic rings. The highest BCUT2D eigenvalue weighted by Gasteiger charge is 2.16. The van der Waals surface area contributed by atoms with Gasteiger partial charge in [0.2, 0.25) is 11.1 Å². The smallest absolute Gasteiger partial charge is 0.234 e. The fraction of sp³-hybridized carbons (Fsp3) is 0.185. The van der Waals surface area contributed by atoms with Crippen LogP contribution in [-0.2, 0) is 4.79 Å². The molecule has 0 radical (unpaired) electrons. The van der Waals surface area contributed by atoms with Gasteiger partial charge in [-0.15, -0.1) is 10.2 Å². The Bertz CT molecular complexity index is 1360. The molecule has 1 amide bonds. The van der Waals surface area contributed by atoms with E-state index in [4.69, 9.17) is 14.5 Å². The second-order valence-electron chi connectivity index (χ2n) is 8.22. The molecule has 0 saturated carbocycles. The van der Waals surface area contributed by atoms with Crippen LogP contribution in [0.25, 0.3) is 22.5 Å². The quantitative estimate of drug-likeness (QED) is 0.371. The number of benzene rings is 3. The van der Waals surface area contributed by atoms with Gasteiger partial charge in [-0.1, -0.05) is 71.4 Å². The molecule has 1 N–H and O–H groups in total. The minimum atomic E-state index is -0.172. The number of carbonyl (C=O) groups excluding carboxylic acids is 1. The van der Waals surface area contributed by atoms with Crippen LogP contribution in [0, 0.1) is 13.8 Å². The average molecular weight is 485 g/mol. The van der Waals surface area contributed by atoms with Crippen LogP contribution in [0.1, 0.15) is 11.1 Å². The summed E-state index contributed by atoms with van der Waals surface area (Å²) in [6.45, 7) is 5.11. The minimum Gasteiger partial charge on any atom is -0.486 e. The van der Waals surface area contributed by atoms with Crippen LogP contribution >= 0.6 is 11.8 Å². The van der Waals surface area contributed by atoms with E-state index in [1.54, 1.807) is 18.2 Å². The SMILES string of the molecule is Cc1ccc(-c2nnc(SCC(=O)Nc3ccc4c(c3)OCCO4)nc2-c2ccc(C)cc2)cc1. The number of hydrogen-bond donors (Lipinski definition) is 1. The molecule has 35 heavy (non-hydrogen) atoms. The Morgan fingerprint density at radius 1 is 0.829 bits per heavy atom. The number of hydrogen-bond acceptors (Lipinski definition) is 7. The number of rotatable bonds is 6. The maximum atomic E-state index is 12.6. The van der Waals surface area contributed by atoms with Gasteiger partial charge in [0.05, 0.1) is 5.75 Å². The van der Waals surface area contributed by atoms with E-state index in [2.05, 4.69) is 15.5 Å². The molecule has 0 spiro atoms. The maximum Gasteiger partial charge on any atom is 0.234 e. The van der Waals surface area contributed by atoms with E-state index in [0.717, 1.165) is 22.4 Å². The predicted molar refractivity (Wildman–Crippen MR) is 137 cm³/mol. The number of nitrogens with one attached hydrogen (secondary N) is 1. The standard InChI is InChI=1S/C27H24N4O3S/c1-17-3-7-19(8-4-17)25-26(20-9-5-18(2)6-10-20)30-31-27(29-25)35-16-24(32)28-21-11-12-22-23(15-21)34-14-13-33-22/h3-12,15H,13-14,16H2,1-2H3,(H,28,32). The van der Waals surface area contributed by atoms with E-state index in [9.17, 15) is 4.79 Å². The number of aryl methyl sites for hydroxylation is 2. The van der Waals surface area contributed by atoms with Crippen LogP contribution in [0.2, 0.25) is 0 Å². The van der Waals surface area contributed by atoms with Gasteiger partial charge in [-0.05, 0) is 26.0 Å². The Kier molecular flexibility index (Phi) is 6.63. The third-order valence-electron chi connectivity index (χ3n) is 5.48. The average Bonchev–Trinajstić information content (AvgIpc) is 2.88. The van der Waals surface area contributed by atoms with Crippen molar-refractivity contribution in [1.82, 2.24) is 15.2 Å². The molecule has 1 aromatic heterocycles. The first kappa shape index (κ1) is 22.9. The molecular formula is C27H24N4O3S. The maximum absolute atomic E-state index is 12.6. The predicted octanol–water partition coefficient (Wildman–Crippen LogP) is 5.32. The Morgan fingerprint density at radius 3 is 2.14 bits per heavy atom. The second kappa shape index (κ2) is 10.1. The summed E-state index contributed by atoms with van der Waals surface area (Å²) in [5.74, 6) is 1.28. The number of anilines is 1. The first-order valence-corrected chi connectivity index (χ1v) is 12.2. The van der Waals surface area contributed by atoms with Crippen molar-refractivity contribution in [3.8, 4) is 34.0 Å². The van der Waals surface area contributed by atoms with E-state index in [-0.39, 0.29) is 11.7 Å². The molecule has 5 rings (SSSR count). The van der Waals surface area contributed by atoms with Gasteiger partial charge >= 0.3 is 0 Å². The molecule has 7 nitrogen and oxygen atoms in total. The number of amides is 1. The third kappa shape index (κ3) is 5.44. The summed E-state index contributed by atoms with van der Waals surface area (Å²) < 4.78 is 11.1. The first-order valence-electron chi connectivity index (χ1n) is 11.3. The number of carbonyl (C=O) groups is 1. The molecule has 1 aliphatic heterocycles. The Labute approximate surface area is 207 Å². The highest BCUT2D eigenvalue weighted by molar-refractivity contribution is 7.99. The lowest BCUT2D eigenvalue weighted by molar-refractivity contribution is -0.113. The van der Waals surface area contributed by atoms with Crippen LogP contribution in [0.4, 0.5) is 5.69 Å². The molecule has 0 atom stereocenters. The number of aromatic nitrogens is 3. The largest absolute Gasteiger partial charge is 0.486 e. The van der Waals surface area contributed by atoms with Crippen LogP contribution in [0.15, 0.2) is 71.9 Å². The van der Waals surface area contributed by atoms with Gasteiger partial charge in [0.15, 0.2) is 11.5 Å². The molecule has 0 bridgehead atoms. The van der Waals surface area contributed by atoms with E-state index in [1.165, 1.54) is 17.3 Å². The lowest BCUT2D eigenvalue weighted by atomic mass is 10.0. The summed E-state index contributed by atoms with van der Waals surface area (Å²) in [4.78, 5) is 17.4. The Morgan fingerprint density at radius 2 is 1.46 bits per heavy atom. The summed E-state index contributed by atoms with van der Waals surface area (Å²) in [5, 5.41) is 12.1. The van der Waals surface area contributed by atoms with E-state index < -0.39 is 0 Å². The first-order chi connectivity index (χ1) is 17.0. The molecule has 0 aliphatic carbocycles. The molecule has 3 aromatic carbocycles.